The second kappa shape index (κ2) is 6.83. The number of anilines is 1. The van der Waals surface area contributed by atoms with Crippen molar-refractivity contribution < 1.29 is 19.1 Å². The maximum absolute atomic E-state index is 13.2. The van der Waals surface area contributed by atoms with Crippen molar-refractivity contribution in [3.8, 4) is 0 Å². The van der Waals surface area contributed by atoms with Crippen molar-refractivity contribution in [1.29, 1.82) is 0 Å². The highest BCUT2D eigenvalue weighted by molar-refractivity contribution is 6.23. The van der Waals surface area contributed by atoms with Crippen molar-refractivity contribution in [3.63, 3.8) is 0 Å². The molecule has 2 aliphatic heterocycles. The van der Waals surface area contributed by atoms with Gasteiger partial charge in [0, 0.05) is 6.04 Å². The molecule has 3 aliphatic rings. The summed E-state index contributed by atoms with van der Waals surface area (Å²) in [6, 6.07) is 8.08. The first kappa shape index (κ1) is 17.2. The van der Waals surface area contributed by atoms with Crippen molar-refractivity contribution in [1.82, 2.24) is 5.32 Å². The lowest BCUT2D eigenvalue weighted by Crippen LogP contribution is -2.48. The van der Waals surface area contributed by atoms with E-state index in [0.717, 1.165) is 25.7 Å². The van der Waals surface area contributed by atoms with Crippen molar-refractivity contribution in [2.75, 3.05) is 12.0 Å². The molecule has 0 bridgehead atoms. The number of nitrogens with one attached hydrogen (secondary N) is 1. The normalized spacial score (nSPS) is 32.0. The Kier molecular flexibility index (Phi) is 4.53. The number of nitrogens with zero attached hydrogens (tertiary/aromatic N) is 1. The minimum absolute atomic E-state index is 0.144. The zero-order valence-electron chi connectivity index (χ0n) is 14.9. The van der Waals surface area contributed by atoms with Gasteiger partial charge in [-0.3, -0.25) is 19.7 Å². The van der Waals surface area contributed by atoms with Gasteiger partial charge in [0.1, 0.15) is 6.04 Å². The summed E-state index contributed by atoms with van der Waals surface area (Å²) in [5.74, 6) is -1.81. The number of benzene rings is 1. The molecule has 0 aromatic heterocycles. The van der Waals surface area contributed by atoms with Gasteiger partial charge in [0.2, 0.25) is 11.8 Å². The Bertz CT molecular complexity index is 714. The highest BCUT2D eigenvalue weighted by atomic mass is 16.5. The standard InChI is InChI=1S/C20H24N2O4/c1-26-20(25)17-15-14(16(21-17)12-8-4-2-5-9-12)18(23)22(19(15)24)13-10-6-3-7-11-13/h3,6-7,10-12,14-17,21H,2,4-5,8-9H2,1H3/t14-,15+,16-,17-/m0/s1. The average Bonchev–Trinajstić information content (AvgIpc) is 3.20. The van der Waals surface area contributed by atoms with E-state index in [0.29, 0.717) is 11.6 Å². The number of methoxy groups -OCH3 is 1. The van der Waals surface area contributed by atoms with E-state index in [4.69, 9.17) is 4.74 Å². The van der Waals surface area contributed by atoms with E-state index in [1.165, 1.54) is 18.4 Å². The van der Waals surface area contributed by atoms with E-state index in [2.05, 4.69) is 5.32 Å². The number of hydrogen-bond donors (Lipinski definition) is 1. The molecule has 4 atom stereocenters. The number of amides is 2. The molecule has 1 N–H and O–H groups in total. The van der Waals surface area contributed by atoms with Crippen LogP contribution in [-0.2, 0) is 19.1 Å². The first-order valence-electron chi connectivity index (χ1n) is 9.40. The van der Waals surface area contributed by atoms with E-state index >= 15 is 0 Å². The number of rotatable bonds is 3. The third-order valence-electron chi connectivity index (χ3n) is 6.14. The molecule has 0 spiro atoms. The number of fused-ring (bicyclic) bond motifs is 1. The van der Waals surface area contributed by atoms with E-state index < -0.39 is 23.8 Å². The summed E-state index contributed by atoms with van der Waals surface area (Å²) in [6.45, 7) is 0. The molecule has 138 valence electrons. The minimum Gasteiger partial charge on any atom is -0.468 e. The van der Waals surface area contributed by atoms with Gasteiger partial charge in [-0.1, -0.05) is 37.5 Å². The number of ether oxygens (including phenoxy) is 1. The molecule has 2 heterocycles. The van der Waals surface area contributed by atoms with E-state index in [1.54, 1.807) is 24.3 Å². The van der Waals surface area contributed by atoms with Crippen LogP contribution in [0.5, 0.6) is 0 Å². The SMILES string of the molecule is COC(=O)[C@H]1N[C@@H](C2CCCCC2)[C@H]2C(=O)N(c3ccccc3)C(=O)[C@H]21. The van der Waals surface area contributed by atoms with Crippen LogP contribution in [-0.4, -0.2) is 37.0 Å². The van der Waals surface area contributed by atoms with Gasteiger partial charge in [-0.2, -0.15) is 0 Å². The van der Waals surface area contributed by atoms with Crippen LogP contribution >= 0.6 is 0 Å². The summed E-state index contributed by atoms with van der Waals surface area (Å²) >= 11 is 0. The smallest absolute Gasteiger partial charge is 0.323 e. The Hall–Kier alpha value is -2.21. The van der Waals surface area contributed by atoms with Crippen LogP contribution in [0.1, 0.15) is 32.1 Å². The Labute approximate surface area is 152 Å². The molecule has 1 aromatic carbocycles. The highest BCUT2D eigenvalue weighted by Gasteiger charge is 2.62. The summed E-state index contributed by atoms with van der Waals surface area (Å²) in [4.78, 5) is 39.9. The molecule has 1 saturated carbocycles. The number of esters is 1. The number of imide groups is 1. The molecule has 0 radical (unpaired) electrons. The second-order valence-corrected chi connectivity index (χ2v) is 7.49. The molecule has 6 heteroatoms. The molecule has 26 heavy (non-hydrogen) atoms. The highest BCUT2D eigenvalue weighted by Crippen LogP contribution is 2.44. The third-order valence-corrected chi connectivity index (χ3v) is 6.14. The minimum atomic E-state index is -0.748. The Morgan fingerprint density at radius 1 is 1.04 bits per heavy atom. The fourth-order valence-electron chi connectivity index (χ4n) is 4.95. The quantitative estimate of drug-likeness (QED) is 0.661. The maximum Gasteiger partial charge on any atom is 0.323 e. The molecule has 2 amide bonds. The third kappa shape index (κ3) is 2.63. The van der Waals surface area contributed by atoms with Crippen molar-refractivity contribution in [2.45, 2.75) is 44.2 Å². The van der Waals surface area contributed by atoms with Crippen LogP contribution in [0.15, 0.2) is 30.3 Å². The molecule has 1 aromatic rings. The summed E-state index contributed by atoms with van der Waals surface area (Å²) in [7, 11) is 1.32. The lowest BCUT2D eigenvalue weighted by molar-refractivity contribution is -0.145. The molecule has 4 rings (SSSR count). The van der Waals surface area contributed by atoms with Gasteiger partial charge < -0.3 is 4.74 Å². The van der Waals surface area contributed by atoms with Crippen molar-refractivity contribution in [3.05, 3.63) is 30.3 Å². The summed E-state index contributed by atoms with van der Waals surface area (Å²) < 4.78 is 4.92. The fourth-order valence-corrected chi connectivity index (χ4v) is 4.95. The van der Waals surface area contributed by atoms with E-state index in [9.17, 15) is 14.4 Å². The van der Waals surface area contributed by atoms with Crippen molar-refractivity contribution >= 4 is 23.5 Å². The zero-order chi connectivity index (χ0) is 18.3. The van der Waals surface area contributed by atoms with Crippen LogP contribution in [0.3, 0.4) is 0 Å². The van der Waals surface area contributed by atoms with E-state index in [1.807, 2.05) is 6.07 Å². The molecular weight excluding hydrogens is 332 g/mol. The zero-order valence-corrected chi connectivity index (χ0v) is 14.9. The lowest BCUT2D eigenvalue weighted by atomic mass is 9.77. The van der Waals surface area contributed by atoms with Gasteiger partial charge in [0.25, 0.3) is 0 Å². The predicted molar refractivity (Wildman–Crippen MR) is 95.2 cm³/mol. The number of para-hydroxylation sites is 1. The second-order valence-electron chi connectivity index (χ2n) is 7.49. The molecule has 6 nitrogen and oxygen atoms in total. The average molecular weight is 356 g/mol. The molecule has 2 saturated heterocycles. The van der Waals surface area contributed by atoms with Crippen LogP contribution in [0.4, 0.5) is 5.69 Å². The van der Waals surface area contributed by atoms with Gasteiger partial charge in [0.05, 0.1) is 24.6 Å². The maximum atomic E-state index is 13.2. The number of carbonyl (C=O) groups excluding carboxylic acids is 3. The van der Waals surface area contributed by atoms with E-state index in [-0.39, 0.29) is 17.9 Å². The Balaban J connectivity index is 1.70. The first-order chi connectivity index (χ1) is 12.6. The van der Waals surface area contributed by atoms with Gasteiger partial charge in [-0.15, -0.1) is 0 Å². The van der Waals surface area contributed by atoms with Gasteiger partial charge >= 0.3 is 5.97 Å². The van der Waals surface area contributed by atoms with Crippen LogP contribution in [0.2, 0.25) is 0 Å². The van der Waals surface area contributed by atoms with Crippen LogP contribution in [0.25, 0.3) is 0 Å². The van der Waals surface area contributed by atoms with Gasteiger partial charge in [0.15, 0.2) is 0 Å². The molecule has 1 aliphatic carbocycles. The Morgan fingerprint density at radius 3 is 2.35 bits per heavy atom. The topological polar surface area (TPSA) is 75.7 Å². The number of carbonyl (C=O) groups is 3. The van der Waals surface area contributed by atoms with Crippen LogP contribution < -0.4 is 10.2 Å². The van der Waals surface area contributed by atoms with Gasteiger partial charge in [-0.05, 0) is 30.9 Å². The van der Waals surface area contributed by atoms with Crippen LogP contribution in [0, 0.1) is 17.8 Å². The van der Waals surface area contributed by atoms with Gasteiger partial charge in [-0.25, -0.2) is 4.90 Å². The predicted octanol–water partition coefficient (Wildman–Crippen LogP) is 1.89. The summed E-state index contributed by atoms with van der Waals surface area (Å²) in [6.07, 6.45) is 5.53. The number of hydrogen-bond acceptors (Lipinski definition) is 5. The lowest BCUT2D eigenvalue weighted by Gasteiger charge is -2.31. The largest absolute Gasteiger partial charge is 0.468 e. The monoisotopic (exact) mass is 356 g/mol. The fraction of sp³-hybridized carbons (Fsp3) is 0.550. The molecule has 0 unspecified atom stereocenters. The summed E-state index contributed by atoms with van der Waals surface area (Å²) in [5, 5.41) is 3.30. The molecule has 3 fully saturated rings. The van der Waals surface area contributed by atoms with Crippen molar-refractivity contribution in [2.24, 2.45) is 17.8 Å². The molecular formula is C20H24N2O4. The summed E-state index contributed by atoms with van der Waals surface area (Å²) in [5.41, 5.74) is 0.572. The Morgan fingerprint density at radius 2 is 1.69 bits per heavy atom. The first-order valence-corrected chi connectivity index (χ1v) is 9.40.